The third kappa shape index (κ3) is 8.59. The lowest BCUT2D eigenvalue weighted by atomic mass is 10.2. The predicted molar refractivity (Wildman–Crippen MR) is 99.8 cm³/mol. The van der Waals surface area contributed by atoms with Crippen LogP contribution in [0.2, 0.25) is 0 Å². The van der Waals surface area contributed by atoms with Crippen molar-refractivity contribution in [3.63, 3.8) is 0 Å². The van der Waals surface area contributed by atoms with Gasteiger partial charge < -0.3 is 20.1 Å². The van der Waals surface area contributed by atoms with Crippen LogP contribution in [0, 0.1) is 0 Å². The molecule has 8 nitrogen and oxygen atoms in total. The molecule has 1 aromatic rings. The Bertz CT molecular complexity index is 662. The Morgan fingerprint density at radius 3 is 2.44 bits per heavy atom. The molecule has 1 rings (SSSR count). The number of rotatable bonds is 10. The van der Waals surface area contributed by atoms with Crippen molar-refractivity contribution < 1.29 is 17.9 Å². The van der Waals surface area contributed by atoms with E-state index in [0.29, 0.717) is 43.5 Å². The summed E-state index contributed by atoms with van der Waals surface area (Å²) in [5, 5.41) is 6.33. The molecule has 0 bridgehead atoms. The molecule has 0 atom stereocenters. The van der Waals surface area contributed by atoms with Gasteiger partial charge in [-0.25, -0.2) is 18.1 Å². The zero-order valence-electron chi connectivity index (χ0n) is 15.3. The fraction of sp³-hybridized carbons (Fsp3) is 0.562. The third-order valence-corrected chi connectivity index (χ3v) is 3.95. The summed E-state index contributed by atoms with van der Waals surface area (Å²) in [5.74, 6) is 2.02. The highest BCUT2D eigenvalue weighted by molar-refractivity contribution is 7.88. The van der Waals surface area contributed by atoms with Gasteiger partial charge in [0.25, 0.3) is 0 Å². The highest BCUT2D eigenvalue weighted by Gasteiger charge is 2.05. The topological polar surface area (TPSA) is 101 Å². The second kappa shape index (κ2) is 10.8. The number of guanidine groups is 1. The van der Waals surface area contributed by atoms with E-state index in [0.717, 1.165) is 18.4 Å². The van der Waals surface area contributed by atoms with Crippen molar-refractivity contribution >= 4 is 16.0 Å². The molecule has 0 unspecified atom stereocenters. The van der Waals surface area contributed by atoms with E-state index in [1.807, 2.05) is 25.1 Å². The number of nitrogens with one attached hydrogen (secondary N) is 3. The number of aliphatic imine (C=N–C) groups is 1. The molecule has 0 fully saturated rings. The lowest BCUT2D eigenvalue weighted by molar-refractivity contribution is 0.354. The molecule has 0 radical (unpaired) electrons. The van der Waals surface area contributed by atoms with Gasteiger partial charge in [0.15, 0.2) is 17.5 Å². The molecule has 1 aromatic carbocycles. The van der Waals surface area contributed by atoms with Crippen LogP contribution in [0.15, 0.2) is 23.2 Å². The molecule has 0 amide bonds. The molecule has 0 aliphatic heterocycles. The summed E-state index contributed by atoms with van der Waals surface area (Å²) in [4.78, 5) is 4.52. The number of benzene rings is 1. The number of hydrogen-bond donors (Lipinski definition) is 3. The molecule has 0 aliphatic rings. The molecule has 3 N–H and O–H groups in total. The average Bonchev–Trinajstić information content (AvgIpc) is 2.57. The van der Waals surface area contributed by atoms with Gasteiger partial charge in [0.2, 0.25) is 10.0 Å². The predicted octanol–water partition coefficient (Wildman–Crippen LogP) is 0.698. The third-order valence-electron chi connectivity index (χ3n) is 3.22. The Kier molecular flexibility index (Phi) is 9.07. The molecule has 0 aliphatic carbocycles. The summed E-state index contributed by atoms with van der Waals surface area (Å²) in [6, 6.07) is 5.67. The summed E-state index contributed by atoms with van der Waals surface area (Å²) < 4.78 is 35.0. The van der Waals surface area contributed by atoms with Crippen molar-refractivity contribution in [1.29, 1.82) is 0 Å². The van der Waals surface area contributed by atoms with Crippen LogP contribution in [-0.2, 0) is 16.6 Å². The van der Waals surface area contributed by atoms with Crippen molar-refractivity contribution in [3.05, 3.63) is 23.8 Å². The van der Waals surface area contributed by atoms with Crippen LogP contribution in [0.4, 0.5) is 0 Å². The summed E-state index contributed by atoms with van der Waals surface area (Å²) >= 11 is 0. The Labute approximate surface area is 150 Å². The molecule has 0 saturated heterocycles. The first-order valence-electron chi connectivity index (χ1n) is 8.07. The Hall–Kier alpha value is -2.00. The lowest BCUT2D eigenvalue weighted by Gasteiger charge is -2.12. The van der Waals surface area contributed by atoms with E-state index < -0.39 is 10.0 Å². The zero-order valence-corrected chi connectivity index (χ0v) is 16.1. The standard InChI is InChI=1S/C16H28N4O4S/c1-5-17-16(18-9-6-10-20-25(4,21)22)19-12-13-7-8-14(23-2)15(11-13)24-3/h7-8,11,20H,5-6,9-10,12H2,1-4H3,(H2,17,18,19). The molecule has 0 heterocycles. The highest BCUT2D eigenvalue weighted by Crippen LogP contribution is 2.27. The van der Waals surface area contributed by atoms with Gasteiger partial charge in [0.1, 0.15) is 0 Å². The second-order valence-electron chi connectivity index (χ2n) is 5.33. The van der Waals surface area contributed by atoms with Gasteiger partial charge in [-0.2, -0.15) is 0 Å². The van der Waals surface area contributed by atoms with E-state index in [-0.39, 0.29) is 0 Å². The van der Waals surface area contributed by atoms with Gasteiger partial charge in [-0.05, 0) is 31.0 Å². The van der Waals surface area contributed by atoms with Gasteiger partial charge >= 0.3 is 0 Å². The van der Waals surface area contributed by atoms with Crippen LogP contribution in [0.1, 0.15) is 18.9 Å². The van der Waals surface area contributed by atoms with Crippen LogP contribution in [0.5, 0.6) is 11.5 Å². The van der Waals surface area contributed by atoms with E-state index >= 15 is 0 Å². The van der Waals surface area contributed by atoms with Gasteiger partial charge in [0, 0.05) is 19.6 Å². The van der Waals surface area contributed by atoms with Gasteiger partial charge in [0.05, 0.1) is 27.0 Å². The SMILES string of the molecule is CCNC(=NCc1ccc(OC)c(OC)c1)NCCCNS(C)(=O)=O. The van der Waals surface area contributed by atoms with Crippen molar-refractivity contribution in [2.24, 2.45) is 4.99 Å². The minimum absolute atomic E-state index is 0.390. The van der Waals surface area contributed by atoms with Gasteiger partial charge in [-0.3, -0.25) is 0 Å². The van der Waals surface area contributed by atoms with Crippen molar-refractivity contribution in [2.45, 2.75) is 19.9 Å². The molecule has 0 spiro atoms. The Balaban J connectivity index is 2.57. The first kappa shape index (κ1) is 21.0. The van der Waals surface area contributed by atoms with Gasteiger partial charge in [-0.15, -0.1) is 0 Å². The first-order chi connectivity index (χ1) is 11.9. The summed E-state index contributed by atoms with van der Waals surface area (Å²) in [6.45, 7) is 4.21. The van der Waals surface area contributed by atoms with E-state index in [2.05, 4.69) is 20.3 Å². The van der Waals surface area contributed by atoms with Crippen molar-refractivity contribution in [2.75, 3.05) is 40.1 Å². The lowest BCUT2D eigenvalue weighted by Crippen LogP contribution is -2.38. The minimum atomic E-state index is -3.14. The maximum absolute atomic E-state index is 11.0. The normalized spacial score (nSPS) is 11.9. The van der Waals surface area contributed by atoms with Crippen LogP contribution < -0.4 is 24.8 Å². The smallest absolute Gasteiger partial charge is 0.208 e. The quantitative estimate of drug-likeness (QED) is 0.317. The number of sulfonamides is 1. The van der Waals surface area contributed by atoms with E-state index in [1.54, 1.807) is 14.2 Å². The van der Waals surface area contributed by atoms with Crippen molar-refractivity contribution in [1.82, 2.24) is 15.4 Å². The fourth-order valence-electron chi connectivity index (χ4n) is 2.04. The summed E-state index contributed by atoms with van der Waals surface area (Å²) in [6.07, 6.45) is 1.81. The number of hydrogen-bond acceptors (Lipinski definition) is 5. The van der Waals surface area contributed by atoms with Gasteiger partial charge in [-0.1, -0.05) is 6.07 Å². The van der Waals surface area contributed by atoms with Crippen LogP contribution in [0.3, 0.4) is 0 Å². The molecule has 142 valence electrons. The monoisotopic (exact) mass is 372 g/mol. The second-order valence-corrected chi connectivity index (χ2v) is 7.16. The number of methoxy groups -OCH3 is 2. The first-order valence-corrected chi connectivity index (χ1v) is 9.96. The van der Waals surface area contributed by atoms with Crippen LogP contribution >= 0.6 is 0 Å². The number of nitrogens with zero attached hydrogens (tertiary/aromatic N) is 1. The largest absolute Gasteiger partial charge is 0.493 e. The maximum Gasteiger partial charge on any atom is 0.208 e. The molecule has 25 heavy (non-hydrogen) atoms. The average molecular weight is 372 g/mol. The molecule has 9 heteroatoms. The molecular weight excluding hydrogens is 344 g/mol. The maximum atomic E-state index is 11.0. The molecule has 0 aromatic heterocycles. The summed E-state index contributed by atoms with van der Waals surface area (Å²) in [5.41, 5.74) is 0.994. The Morgan fingerprint density at radius 1 is 1.12 bits per heavy atom. The number of ether oxygens (including phenoxy) is 2. The molecule has 0 saturated carbocycles. The highest BCUT2D eigenvalue weighted by atomic mass is 32.2. The van der Waals surface area contributed by atoms with E-state index in [1.165, 1.54) is 0 Å². The van der Waals surface area contributed by atoms with E-state index in [4.69, 9.17) is 9.47 Å². The van der Waals surface area contributed by atoms with Crippen molar-refractivity contribution in [3.8, 4) is 11.5 Å². The molecular formula is C16H28N4O4S. The summed E-state index contributed by atoms with van der Waals surface area (Å²) in [7, 11) is 0.0575. The van der Waals surface area contributed by atoms with Crippen LogP contribution in [-0.4, -0.2) is 54.5 Å². The Morgan fingerprint density at radius 2 is 1.84 bits per heavy atom. The zero-order chi connectivity index (χ0) is 18.7. The van der Waals surface area contributed by atoms with Crippen LogP contribution in [0.25, 0.3) is 0 Å². The minimum Gasteiger partial charge on any atom is -0.493 e. The fourth-order valence-corrected chi connectivity index (χ4v) is 2.56. The van der Waals surface area contributed by atoms with E-state index in [9.17, 15) is 8.42 Å².